The molecule has 0 aliphatic rings. The summed E-state index contributed by atoms with van der Waals surface area (Å²) in [7, 11) is 0. The third kappa shape index (κ3) is 4.70. The fourth-order valence-electron chi connectivity index (χ4n) is 1.44. The van der Waals surface area contributed by atoms with Gasteiger partial charge in [0.05, 0.1) is 4.92 Å². The Hall–Kier alpha value is -1.14. The fraction of sp³-hybridized carbons (Fsp3) is 0.455. The molecule has 0 saturated carbocycles. The number of halogens is 1. The van der Waals surface area contributed by atoms with Gasteiger partial charge in [-0.1, -0.05) is 0 Å². The molecule has 94 valence electrons. The van der Waals surface area contributed by atoms with Crippen molar-refractivity contribution in [1.29, 1.82) is 0 Å². The largest absolute Gasteiger partial charge is 0.312 e. The van der Waals surface area contributed by atoms with Crippen molar-refractivity contribution in [2.24, 2.45) is 0 Å². The van der Waals surface area contributed by atoms with Crippen LogP contribution in [0.5, 0.6) is 0 Å². The van der Waals surface area contributed by atoms with Crippen molar-refractivity contribution >= 4 is 17.4 Å². The Morgan fingerprint density at radius 2 is 2.29 bits per heavy atom. The Labute approximate surface area is 104 Å². The number of nitro benzene ring substituents is 1. The topological polar surface area (TPSA) is 55.2 Å². The van der Waals surface area contributed by atoms with Gasteiger partial charge in [-0.3, -0.25) is 10.1 Å². The van der Waals surface area contributed by atoms with Crippen LogP contribution in [0.2, 0.25) is 0 Å². The number of hydrogen-bond acceptors (Lipinski definition) is 4. The van der Waals surface area contributed by atoms with E-state index in [0.717, 1.165) is 24.8 Å². The van der Waals surface area contributed by atoms with Crippen LogP contribution in [0.25, 0.3) is 0 Å². The number of rotatable bonds is 7. The van der Waals surface area contributed by atoms with Crippen LogP contribution >= 0.6 is 11.8 Å². The Morgan fingerprint density at radius 1 is 1.53 bits per heavy atom. The Morgan fingerprint density at radius 3 is 2.94 bits per heavy atom. The summed E-state index contributed by atoms with van der Waals surface area (Å²) in [6.07, 6.45) is 3.02. The predicted octanol–water partition coefficient (Wildman–Crippen LogP) is 2.58. The average molecular weight is 258 g/mol. The van der Waals surface area contributed by atoms with Crippen LogP contribution in [0.4, 0.5) is 10.1 Å². The molecule has 0 aromatic heterocycles. The number of hydrogen-bond donors (Lipinski definition) is 1. The van der Waals surface area contributed by atoms with Gasteiger partial charge < -0.3 is 5.32 Å². The quantitative estimate of drug-likeness (QED) is 0.464. The molecule has 17 heavy (non-hydrogen) atoms. The minimum Gasteiger partial charge on any atom is -0.312 e. The van der Waals surface area contributed by atoms with Crippen LogP contribution in [0, 0.1) is 15.9 Å². The van der Waals surface area contributed by atoms with Gasteiger partial charge in [0, 0.05) is 18.2 Å². The molecule has 1 aromatic rings. The predicted molar refractivity (Wildman–Crippen MR) is 67.8 cm³/mol. The summed E-state index contributed by atoms with van der Waals surface area (Å²) in [6.45, 7) is 1.09. The minimum atomic E-state index is -0.488. The highest BCUT2D eigenvalue weighted by Gasteiger charge is 2.13. The molecule has 1 N–H and O–H groups in total. The third-order valence-electron chi connectivity index (χ3n) is 2.26. The van der Waals surface area contributed by atoms with Crippen molar-refractivity contribution in [1.82, 2.24) is 5.32 Å². The van der Waals surface area contributed by atoms with E-state index in [1.807, 2.05) is 6.26 Å². The van der Waals surface area contributed by atoms with E-state index in [2.05, 4.69) is 5.32 Å². The molecule has 0 atom stereocenters. The highest BCUT2D eigenvalue weighted by Crippen LogP contribution is 2.19. The number of nitrogens with zero attached hydrogens (tertiary/aromatic N) is 1. The molecular weight excluding hydrogens is 243 g/mol. The molecule has 0 amide bonds. The highest BCUT2D eigenvalue weighted by molar-refractivity contribution is 7.98. The number of benzene rings is 1. The van der Waals surface area contributed by atoms with E-state index >= 15 is 0 Å². The molecule has 0 radical (unpaired) electrons. The molecule has 0 bridgehead atoms. The van der Waals surface area contributed by atoms with Crippen LogP contribution < -0.4 is 5.32 Å². The molecule has 0 fully saturated rings. The maximum atomic E-state index is 13.0. The lowest BCUT2D eigenvalue weighted by atomic mass is 10.1. The maximum absolute atomic E-state index is 13.0. The zero-order valence-electron chi connectivity index (χ0n) is 9.61. The van der Waals surface area contributed by atoms with Crippen LogP contribution in [-0.4, -0.2) is 23.5 Å². The van der Waals surface area contributed by atoms with E-state index < -0.39 is 10.7 Å². The van der Waals surface area contributed by atoms with Gasteiger partial charge in [-0.25, -0.2) is 4.39 Å². The van der Waals surface area contributed by atoms with E-state index in [0.29, 0.717) is 12.1 Å². The zero-order chi connectivity index (χ0) is 12.7. The van der Waals surface area contributed by atoms with Crippen molar-refractivity contribution in [2.45, 2.75) is 13.0 Å². The van der Waals surface area contributed by atoms with Gasteiger partial charge in [0.25, 0.3) is 5.69 Å². The van der Waals surface area contributed by atoms with Gasteiger partial charge in [-0.2, -0.15) is 11.8 Å². The molecule has 0 aliphatic heterocycles. The van der Waals surface area contributed by atoms with Gasteiger partial charge in [0.15, 0.2) is 0 Å². The van der Waals surface area contributed by atoms with Crippen LogP contribution in [0.1, 0.15) is 12.0 Å². The van der Waals surface area contributed by atoms with Crippen LogP contribution in [0.15, 0.2) is 18.2 Å². The second kappa shape index (κ2) is 7.24. The molecule has 0 aliphatic carbocycles. The molecule has 0 unspecified atom stereocenters. The molecule has 1 aromatic carbocycles. The number of thioether (sulfide) groups is 1. The normalized spacial score (nSPS) is 10.5. The lowest BCUT2D eigenvalue weighted by Gasteiger charge is -2.05. The molecule has 0 heterocycles. The summed E-state index contributed by atoms with van der Waals surface area (Å²) >= 11 is 1.75. The van der Waals surface area contributed by atoms with Crippen molar-refractivity contribution in [3.05, 3.63) is 39.7 Å². The lowest BCUT2D eigenvalue weighted by molar-refractivity contribution is -0.385. The second-order valence-corrected chi connectivity index (χ2v) is 4.54. The summed E-state index contributed by atoms with van der Waals surface area (Å²) in [6, 6.07) is 3.52. The maximum Gasteiger partial charge on any atom is 0.274 e. The van der Waals surface area contributed by atoms with Gasteiger partial charge in [0.1, 0.15) is 5.82 Å². The third-order valence-corrected chi connectivity index (χ3v) is 2.95. The fourth-order valence-corrected chi connectivity index (χ4v) is 1.87. The second-order valence-electron chi connectivity index (χ2n) is 3.55. The van der Waals surface area contributed by atoms with Gasteiger partial charge >= 0.3 is 0 Å². The molecule has 0 saturated heterocycles. The Bertz CT molecular complexity index is 388. The summed E-state index contributed by atoms with van der Waals surface area (Å²) < 4.78 is 13.0. The van der Waals surface area contributed by atoms with Crippen molar-refractivity contribution < 1.29 is 9.31 Å². The highest BCUT2D eigenvalue weighted by atomic mass is 32.2. The summed E-state index contributed by atoms with van der Waals surface area (Å²) in [5, 5.41) is 13.8. The number of nitrogens with one attached hydrogen (secondary N) is 1. The zero-order valence-corrected chi connectivity index (χ0v) is 10.4. The summed E-state index contributed by atoms with van der Waals surface area (Å²) in [5.41, 5.74) is 0.350. The monoisotopic (exact) mass is 258 g/mol. The van der Waals surface area contributed by atoms with Gasteiger partial charge in [-0.15, -0.1) is 0 Å². The molecule has 1 rings (SSSR count). The summed E-state index contributed by atoms with van der Waals surface area (Å²) in [4.78, 5) is 10.2. The van der Waals surface area contributed by atoms with Gasteiger partial charge in [0.2, 0.25) is 0 Å². The minimum absolute atomic E-state index is 0.0382. The van der Waals surface area contributed by atoms with E-state index in [1.165, 1.54) is 12.1 Å². The van der Waals surface area contributed by atoms with E-state index in [9.17, 15) is 14.5 Å². The number of nitro groups is 1. The van der Waals surface area contributed by atoms with Crippen molar-refractivity contribution in [2.75, 3.05) is 18.6 Å². The molecule has 6 heteroatoms. The van der Waals surface area contributed by atoms with E-state index in [1.54, 1.807) is 11.8 Å². The molecule has 4 nitrogen and oxygen atoms in total. The summed E-state index contributed by atoms with van der Waals surface area (Å²) in [5.74, 6) is 0.592. The Balaban J connectivity index is 2.56. The van der Waals surface area contributed by atoms with E-state index in [4.69, 9.17) is 0 Å². The average Bonchev–Trinajstić information content (AvgIpc) is 2.28. The molecular formula is C11H15FN2O2S. The van der Waals surface area contributed by atoms with Crippen molar-refractivity contribution in [3.63, 3.8) is 0 Å². The first-order chi connectivity index (χ1) is 8.15. The van der Waals surface area contributed by atoms with Gasteiger partial charge in [-0.05, 0) is 37.1 Å². The van der Waals surface area contributed by atoms with Crippen molar-refractivity contribution in [3.8, 4) is 0 Å². The SMILES string of the molecule is CSCCCNCc1cc(F)ccc1[N+](=O)[O-]. The lowest BCUT2D eigenvalue weighted by Crippen LogP contribution is -2.16. The Kier molecular flexibility index (Phi) is 5.93. The molecule has 0 spiro atoms. The standard InChI is InChI=1S/C11H15FN2O2S/c1-17-6-2-5-13-8-9-7-10(12)3-4-11(9)14(15)16/h3-4,7,13H,2,5-6,8H2,1H3. The first-order valence-corrected chi connectivity index (χ1v) is 6.67. The van der Waals surface area contributed by atoms with Crippen LogP contribution in [0.3, 0.4) is 0 Å². The van der Waals surface area contributed by atoms with E-state index in [-0.39, 0.29) is 5.69 Å². The van der Waals surface area contributed by atoms with Crippen LogP contribution in [-0.2, 0) is 6.54 Å². The first kappa shape index (κ1) is 13.9. The smallest absolute Gasteiger partial charge is 0.274 e. The first-order valence-electron chi connectivity index (χ1n) is 5.27.